The summed E-state index contributed by atoms with van der Waals surface area (Å²) >= 11 is 1.57. The van der Waals surface area contributed by atoms with E-state index < -0.39 is 0 Å². The maximum Gasteiger partial charge on any atom is 0.246 e. The molecule has 0 aromatic carbocycles. The highest BCUT2D eigenvalue weighted by Gasteiger charge is 2.17. The minimum absolute atomic E-state index is 0.0199. The fourth-order valence-electron chi connectivity index (χ4n) is 1.75. The van der Waals surface area contributed by atoms with Crippen LogP contribution in [0.25, 0.3) is 0 Å². The third-order valence-corrected chi connectivity index (χ3v) is 3.90. The molecule has 5 nitrogen and oxygen atoms in total. The van der Waals surface area contributed by atoms with Crippen LogP contribution in [0, 0.1) is 13.8 Å². The molecule has 6 heteroatoms. The lowest BCUT2D eigenvalue weighted by atomic mass is 10.2. The molecule has 1 atom stereocenters. The van der Waals surface area contributed by atoms with Crippen LogP contribution in [0.2, 0.25) is 0 Å². The van der Waals surface area contributed by atoms with Gasteiger partial charge in [0.05, 0.1) is 23.3 Å². The third-order valence-electron chi connectivity index (χ3n) is 2.64. The number of aryl methyl sites for hydroxylation is 2. The number of carbonyl (C=O) groups excluding carboxylic acids is 2. The number of nitrogens with one attached hydrogen (secondary N) is 1. The van der Waals surface area contributed by atoms with Gasteiger partial charge in [-0.25, -0.2) is 4.98 Å². The molecule has 1 heterocycles. The highest BCUT2D eigenvalue weighted by molar-refractivity contribution is 7.11. The Labute approximate surface area is 117 Å². The van der Waals surface area contributed by atoms with Crippen LogP contribution in [0.4, 0.5) is 0 Å². The molecule has 0 saturated heterocycles. The first-order valence-electron chi connectivity index (χ1n) is 5.96. The zero-order chi connectivity index (χ0) is 14.6. The van der Waals surface area contributed by atoms with Gasteiger partial charge in [0.25, 0.3) is 0 Å². The zero-order valence-electron chi connectivity index (χ0n) is 11.7. The second kappa shape index (κ2) is 6.47. The van der Waals surface area contributed by atoms with Crippen molar-refractivity contribution in [3.05, 3.63) is 28.2 Å². The van der Waals surface area contributed by atoms with Gasteiger partial charge >= 0.3 is 0 Å². The summed E-state index contributed by atoms with van der Waals surface area (Å²) in [6.07, 6.45) is 1.19. The molecule has 1 aromatic heterocycles. The van der Waals surface area contributed by atoms with Gasteiger partial charge in [0.15, 0.2) is 0 Å². The van der Waals surface area contributed by atoms with Crippen LogP contribution < -0.4 is 5.32 Å². The van der Waals surface area contributed by atoms with E-state index in [1.807, 2.05) is 20.8 Å². The Balaban J connectivity index is 2.60. The van der Waals surface area contributed by atoms with Crippen molar-refractivity contribution in [1.29, 1.82) is 0 Å². The van der Waals surface area contributed by atoms with Crippen LogP contribution in [-0.4, -0.2) is 35.3 Å². The summed E-state index contributed by atoms with van der Waals surface area (Å²) in [5.74, 6) is -0.469. The highest BCUT2D eigenvalue weighted by Crippen LogP contribution is 2.24. The molecule has 0 aliphatic carbocycles. The van der Waals surface area contributed by atoms with Gasteiger partial charge in [0.2, 0.25) is 11.8 Å². The van der Waals surface area contributed by atoms with Crippen molar-refractivity contribution in [2.45, 2.75) is 26.8 Å². The van der Waals surface area contributed by atoms with Gasteiger partial charge in [0, 0.05) is 11.9 Å². The largest absolute Gasteiger partial charge is 0.347 e. The lowest BCUT2D eigenvalue weighted by molar-refractivity contribution is -0.131. The molecule has 0 spiro atoms. The average molecular weight is 281 g/mol. The lowest BCUT2D eigenvalue weighted by Crippen LogP contribution is -2.38. The van der Waals surface area contributed by atoms with Crippen LogP contribution in [0.5, 0.6) is 0 Å². The molecular formula is C13H19N3O2S. The van der Waals surface area contributed by atoms with Crippen molar-refractivity contribution in [3.8, 4) is 0 Å². The standard InChI is InChI=1S/C13H19N3O2S/c1-6-12(18)16(5)7-11(17)15-9(3)13-8(2)14-10(4)19-13/h6,9H,1,7H2,2-5H3,(H,15,17). The molecule has 19 heavy (non-hydrogen) atoms. The number of aromatic nitrogens is 1. The van der Waals surface area contributed by atoms with Crippen molar-refractivity contribution in [3.63, 3.8) is 0 Å². The summed E-state index contributed by atoms with van der Waals surface area (Å²) in [5, 5.41) is 3.84. The Bertz CT molecular complexity index is 496. The molecule has 1 aromatic rings. The Morgan fingerprint density at radius 1 is 1.53 bits per heavy atom. The Hall–Kier alpha value is -1.69. The predicted octanol–water partition coefficient (Wildman–Crippen LogP) is 1.58. The maximum atomic E-state index is 11.8. The van der Waals surface area contributed by atoms with Gasteiger partial charge in [-0.2, -0.15) is 0 Å². The summed E-state index contributed by atoms with van der Waals surface area (Å²) in [6.45, 7) is 9.17. The van der Waals surface area contributed by atoms with Crippen molar-refractivity contribution >= 4 is 23.2 Å². The second-order valence-corrected chi connectivity index (χ2v) is 5.60. The van der Waals surface area contributed by atoms with Crippen LogP contribution in [-0.2, 0) is 9.59 Å². The first-order valence-corrected chi connectivity index (χ1v) is 6.77. The molecule has 2 amide bonds. The zero-order valence-corrected chi connectivity index (χ0v) is 12.5. The molecule has 0 bridgehead atoms. The Morgan fingerprint density at radius 2 is 2.16 bits per heavy atom. The topological polar surface area (TPSA) is 62.3 Å². The molecule has 0 saturated carbocycles. The molecule has 1 unspecified atom stereocenters. The average Bonchev–Trinajstić information content (AvgIpc) is 2.67. The first-order chi connectivity index (χ1) is 8.85. The van der Waals surface area contributed by atoms with Gasteiger partial charge in [-0.05, 0) is 26.8 Å². The van der Waals surface area contributed by atoms with Crippen molar-refractivity contribution in [1.82, 2.24) is 15.2 Å². The summed E-state index contributed by atoms with van der Waals surface area (Å²) in [7, 11) is 1.57. The lowest BCUT2D eigenvalue weighted by Gasteiger charge is -2.17. The predicted molar refractivity (Wildman–Crippen MR) is 76.0 cm³/mol. The van der Waals surface area contributed by atoms with Crippen molar-refractivity contribution < 1.29 is 9.59 Å². The number of hydrogen-bond acceptors (Lipinski definition) is 4. The highest BCUT2D eigenvalue weighted by atomic mass is 32.1. The summed E-state index contributed by atoms with van der Waals surface area (Å²) < 4.78 is 0. The normalized spacial score (nSPS) is 11.8. The van der Waals surface area contributed by atoms with E-state index in [2.05, 4.69) is 16.9 Å². The fraction of sp³-hybridized carbons (Fsp3) is 0.462. The summed E-state index contributed by atoms with van der Waals surface area (Å²) in [4.78, 5) is 29.8. The molecule has 0 fully saturated rings. The monoisotopic (exact) mass is 281 g/mol. The Kier molecular flexibility index (Phi) is 5.23. The van der Waals surface area contributed by atoms with Gasteiger partial charge < -0.3 is 10.2 Å². The van der Waals surface area contributed by atoms with E-state index in [0.717, 1.165) is 15.6 Å². The van der Waals surface area contributed by atoms with Crippen molar-refractivity contribution in [2.24, 2.45) is 0 Å². The van der Waals surface area contributed by atoms with E-state index >= 15 is 0 Å². The Morgan fingerprint density at radius 3 is 2.63 bits per heavy atom. The molecule has 0 radical (unpaired) electrons. The number of rotatable bonds is 5. The number of amides is 2. The first kappa shape index (κ1) is 15.4. The summed E-state index contributed by atoms with van der Waals surface area (Å²) in [5.41, 5.74) is 0.936. The molecule has 0 aliphatic heterocycles. The maximum absolute atomic E-state index is 11.8. The van der Waals surface area contributed by atoms with E-state index in [0.29, 0.717) is 0 Å². The fourth-order valence-corrected chi connectivity index (χ4v) is 2.68. The van der Waals surface area contributed by atoms with Crippen LogP contribution in [0.1, 0.15) is 28.5 Å². The summed E-state index contributed by atoms with van der Waals surface area (Å²) in [6, 6.07) is -0.106. The van der Waals surface area contributed by atoms with Gasteiger partial charge in [-0.3, -0.25) is 9.59 Å². The number of thiazole rings is 1. The third kappa shape index (κ3) is 4.17. The second-order valence-electron chi connectivity index (χ2n) is 4.37. The van der Waals surface area contributed by atoms with E-state index in [1.165, 1.54) is 11.0 Å². The van der Waals surface area contributed by atoms with E-state index in [9.17, 15) is 9.59 Å². The smallest absolute Gasteiger partial charge is 0.246 e. The van der Waals surface area contributed by atoms with E-state index in [1.54, 1.807) is 18.4 Å². The number of nitrogens with zero attached hydrogens (tertiary/aromatic N) is 2. The van der Waals surface area contributed by atoms with E-state index in [-0.39, 0.29) is 24.4 Å². The number of likely N-dealkylation sites (N-methyl/N-ethyl adjacent to an activating group) is 1. The quantitative estimate of drug-likeness (QED) is 0.834. The molecule has 0 aliphatic rings. The van der Waals surface area contributed by atoms with Gasteiger partial charge in [0.1, 0.15) is 0 Å². The molecular weight excluding hydrogens is 262 g/mol. The van der Waals surface area contributed by atoms with Crippen molar-refractivity contribution in [2.75, 3.05) is 13.6 Å². The molecule has 1 N–H and O–H groups in total. The van der Waals surface area contributed by atoms with Gasteiger partial charge in [-0.1, -0.05) is 6.58 Å². The minimum Gasteiger partial charge on any atom is -0.347 e. The SMILES string of the molecule is C=CC(=O)N(C)CC(=O)NC(C)c1sc(C)nc1C. The number of hydrogen-bond donors (Lipinski definition) is 1. The van der Waals surface area contributed by atoms with Crippen LogP contribution in [0.15, 0.2) is 12.7 Å². The van der Waals surface area contributed by atoms with E-state index in [4.69, 9.17) is 0 Å². The number of carbonyl (C=O) groups is 2. The minimum atomic E-state index is -0.271. The molecule has 104 valence electrons. The van der Waals surface area contributed by atoms with Crippen LogP contribution >= 0.6 is 11.3 Å². The van der Waals surface area contributed by atoms with Crippen LogP contribution in [0.3, 0.4) is 0 Å². The van der Waals surface area contributed by atoms with Gasteiger partial charge in [-0.15, -0.1) is 11.3 Å². The molecule has 1 rings (SSSR count).